The van der Waals surface area contributed by atoms with Crippen molar-refractivity contribution in [2.75, 3.05) is 9.80 Å². The van der Waals surface area contributed by atoms with Gasteiger partial charge < -0.3 is 9.80 Å². The number of nitrogens with zero attached hydrogens (tertiary/aromatic N) is 2. The lowest BCUT2D eigenvalue weighted by molar-refractivity contribution is 1.28. The average molecular weight is 665 g/mol. The minimum atomic E-state index is 1.09. The normalized spacial score (nSPS) is 11.1. The molecule has 246 valence electrons. The summed E-state index contributed by atoms with van der Waals surface area (Å²) in [6.07, 6.45) is 0. The number of fused-ring (bicyclic) bond motifs is 2. The molecule has 2 heteroatoms. The summed E-state index contributed by atoms with van der Waals surface area (Å²) in [6.45, 7) is 0. The highest BCUT2D eigenvalue weighted by Gasteiger charge is 2.20. The average Bonchev–Trinajstić information content (AvgIpc) is 3.22. The molecule has 0 amide bonds. The molecule has 0 unspecified atom stereocenters. The van der Waals surface area contributed by atoms with Gasteiger partial charge in [0.1, 0.15) is 0 Å². The van der Waals surface area contributed by atoms with Crippen molar-refractivity contribution in [3.8, 4) is 22.3 Å². The molecule has 0 saturated carbocycles. The molecule has 0 N–H and O–H groups in total. The molecule has 0 aromatic heterocycles. The molecule has 9 rings (SSSR count). The summed E-state index contributed by atoms with van der Waals surface area (Å²) in [5.74, 6) is 0. The number of para-hydroxylation sites is 2. The van der Waals surface area contributed by atoms with Crippen molar-refractivity contribution in [2.24, 2.45) is 0 Å². The maximum atomic E-state index is 2.41. The van der Waals surface area contributed by atoms with Gasteiger partial charge in [-0.05, 0) is 105 Å². The smallest absolute Gasteiger partial charge is 0.0540 e. The quantitative estimate of drug-likeness (QED) is 0.159. The fourth-order valence-electron chi connectivity index (χ4n) is 7.32. The van der Waals surface area contributed by atoms with Crippen LogP contribution in [0.1, 0.15) is 0 Å². The van der Waals surface area contributed by atoms with E-state index in [9.17, 15) is 0 Å². The first kappa shape index (κ1) is 31.1. The molecule has 0 atom stereocenters. The molecule has 52 heavy (non-hydrogen) atoms. The maximum Gasteiger partial charge on any atom is 0.0540 e. The molecule has 0 aliphatic carbocycles. The molecule has 9 aromatic rings. The Morgan fingerprint density at radius 1 is 0.250 bits per heavy atom. The topological polar surface area (TPSA) is 6.48 Å². The molecule has 0 radical (unpaired) electrons. The Balaban J connectivity index is 1.23. The minimum Gasteiger partial charge on any atom is -0.310 e. The third-order valence-electron chi connectivity index (χ3n) is 9.79. The van der Waals surface area contributed by atoms with E-state index in [2.05, 4.69) is 228 Å². The highest BCUT2D eigenvalue weighted by Crippen LogP contribution is 2.44. The molecule has 0 saturated heterocycles. The lowest BCUT2D eigenvalue weighted by Crippen LogP contribution is -2.12. The molecule has 2 nitrogen and oxygen atoms in total. The second-order valence-corrected chi connectivity index (χ2v) is 13.0. The number of benzene rings is 9. The first-order chi connectivity index (χ1) is 25.8. The van der Waals surface area contributed by atoms with Gasteiger partial charge in [-0.2, -0.15) is 0 Å². The fourth-order valence-corrected chi connectivity index (χ4v) is 7.32. The van der Waals surface area contributed by atoms with Crippen LogP contribution >= 0.6 is 0 Å². The SMILES string of the molecule is c1ccc(-c2ccc(N(c3ccccc3)c3ccc4cccc(N(c5ccccc5)c5cc(-c6ccccc6)c6ccccc6c5)c4c3)cc2)cc1. The molecule has 0 aliphatic rings. The number of hydrogen-bond acceptors (Lipinski definition) is 2. The van der Waals surface area contributed by atoms with Crippen LogP contribution in [0.2, 0.25) is 0 Å². The van der Waals surface area contributed by atoms with E-state index in [0.717, 1.165) is 34.1 Å². The van der Waals surface area contributed by atoms with Gasteiger partial charge in [-0.25, -0.2) is 0 Å². The van der Waals surface area contributed by atoms with E-state index in [4.69, 9.17) is 0 Å². The Morgan fingerprint density at radius 3 is 1.46 bits per heavy atom. The van der Waals surface area contributed by atoms with Gasteiger partial charge in [0.05, 0.1) is 5.69 Å². The van der Waals surface area contributed by atoms with Crippen molar-refractivity contribution in [1.29, 1.82) is 0 Å². The van der Waals surface area contributed by atoms with E-state index < -0.39 is 0 Å². The second kappa shape index (κ2) is 13.8. The zero-order valence-corrected chi connectivity index (χ0v) is 28.7. The largest absolute Gasteiger partial charge is 0.310 e. The van der Waals surface area contributed by atoms with E-state index >= 15 is 0 Å². The lowest BCUT2D eigenvalue weighted by Gasteiger charge is -2.29. The van der Waals surface area contributed by atoms with E-state index in [-0.39, 0.29) is 0 Å². The van der Waals surface area contributed by atoms with Gasteiger partial charge >= 0.3 is 0 Å². The van der Waals surface area contributed by atoms with Crippen molar-refractivity contribution in [3.63, 3.8) is 0 Å². The Kier molecular flexibility index (Phi) is 8.24. The predicted octanol–water partition coefficient (Wildman–Crippen LogP) is 14.3. The second-order valence-electron chi connectivity index (χ2n) is 13.0. The van der Waals surface area contributed by atoms with Crippen LogP contribution < -0.4 is 9.80 Å². The van der Waals surface area contributed by atoms with E-state index in [0.29, 0.717) is 0 Å². The van der Waals surface area contributed by atoms with Crippen molar-refractivity contribution in [2.45, 2.75) is 0 Å². The minimum absolute atomic E-state index is 1.09. The van der Waals surface area contributed by atoms with Crippen LogP contribution in [0.4, 0.5) is 34.1 Å². The first-order valence-corrected chi connectivity index (χ1v) is 17.8. The molecular formula is C50H36N2. The zero-order valence-electron chi connectivity index (χ0n) is 28.7. The molecule has 0 aliphatic heterocycles. The summed E-state index contributed by atoms with van der Waals surface area (Å²) in [7, 11) is 0. The fraction of sp³-hybridized carbons (Fsp3) is 0. The highest BCUT2D eigenvalue weighted by atomic mass is 15.2. The van der Waals surface area contributed by atoms with Gasteiger partial charge in [0.15, 0.2) is 0 Å². The van der Waals surface area contributed by atoms with Gasteiger partial charge in [-0.15, -0.1) is 0 Å². The van der Waals surface area contributed by atoms with Crippen LogP contribution in [-0.2, 0) is 0 Å². The third-order valence-corrected chi connectivity index (χ3v) is 9.79. The Morgan fingerprint density at radius 2 is 0.769 bits per heavy atom. The summed E-state index contributed by atoms with van der Waals surface area (Å²) in [5.41, 5.74) is 11.4. The van der Waals surface area contributed by atoms with Crippen LogP contribution in [-0.4, -0.2) is 0 Å². The molecule has 0 spiro atoms. The van der Waals surface area contributed by atoms with E-state index in [1.165, 1.54) is 43.8 Å². The van der Waals surface area contributed by atoms with Gasteiger partial charge in [0.2, 0.25) is 0 Å². The summed E-state index contributed by atoms with van der Waals surface area (Å²) < 4.78 is 0. The molecular weight excluding hydrogens is 629 g/mol. The molecule has 0 bridgehead atoms. The summed E-state index contributed by atoms with van der Waals surface area (Å²) in [4.78, 5) is 4.76. The predicted molar refractivity (Wildman–Crippen MR) is 222 cm³/mol. The zero-order chi connectivity index (χ0) is 34.7. The van der Waals surface area contributed by atoms with Crippen molar-refractivity contribution in [3.05, 3.63) is 218 Å². The van der Waals surface area contributed by atoms with Crippen molar-refractivity contribution in [1.82, 2.24) is 0 Å². The van der Waals surface area contributed by atoms with Gasteiger partial charge in [-0.3, -0.25) is 0 Å². The number of rotatable bonds is 8. The Hall–Kier alpha value is -6.90. The third kappa shape index (κ3) is 5.97. The van der Waals surface area contributed by atoms with Gasteiger partial charge in [0, 0.05) is 33.8 Å². The van der Waals surface area contributed by atoms with E-state index in [1.807, 2.05) is 0 Å². The van der Waals surface area contributed by atoms with Crippen LogP contribution in [0.3, 0.4) is 0 Å². The maximum absolute atomic E-state index is 2.41. The number of hydrogen-bond donors (Lipinski definition) is 0. The summed E-state index contributed by atoms with van der Waals surface area (Å²) >= 11 is 0. The monoisotopic (exact) mass is 664 g/mol. The Labute approximate surface area is 305 Å². The summed E-state index contributed by atoms with van der Waals surface area (Å²) in [6, 6.07) is 78.3. The van der Waals surface area contributed by atoms with E-state index in [1.54, 1.807) is 0 Å². The first-order valence-electron chi connectivity index (χ1n) is 17.8. The van der Waals surface area contributed by atoms with Gasteiger partial charge in [0.25, 0.3) is 0 Å². The molecule has 9 aromatic carbocycles. The standard InChI is InChI=1S/C50H36N2/c1-5-16-37(17-6-1)38-28-31-44(32-29-38)51(42-22-9-3-10-23-42)45-33-30-40-21-15-27-50(49(40)35-45)52(43-24-11-4-12-25-43)46-34-41-20-13-14-26-47(41)48(36-46)39-18-7-2-8-19-39/h1-36H. The van der Waals surface area contributed by atoms with Crippen molar-refractivity contribution >= 4 is 55.7 Å². The molecule has 0 heterocycles. The van der Waals surface area contributed by atoms with Crippen LogP contribution in [0.25, 0.3) is 43.8 Å². The Bertz CT molecular complexity index is 2600. The van der Waals surface area contributed by atoms with Crippen LogP contribution in [0.15, 0.2) is 218 Å². The summed E-state index contributed by atoms with van der Waals surface area (Å²) in [5, 5.41) is 4.79. The van der Waals surface area contributed by atoms with Crippen LogP contribution in [0, 0.1) is 0 Å². The molecule has 0 fully saturated rings. The highest BCUT2D eigenvalue weighted by molar-refractivity contribution is 6.05. The van der Waals surface area contributed by atoms with Crippen molar-refractivity contribution < 1.29 is 0 Å². The lowest BCUT2D eigenvalue weighted by atomic mass is 9.96. The number of anilines is 6. The van der Waals surface area contributed by atoms with Gasteiger partial charge in [-0.1, -0.05) is 152 Å². The van der Waals surface area contributed by atoms with Crippen LogP contribution in [0.5, 0.6) is 0 Å².